The van der Waals surface area contributed by atoms with Crippen molar-refractivity contribution in [2.45, 2.75) is 429 Å². The molecule has 14 unspecified atom stereocenters. The number of rotatable bonds is 52. The van der Waals surface area contributed by atoms with Gasteiger partial charge < -0.3 is 184 Å². The Labute approximate surface area is 700 Å². The number of aliphatic hydroxyl groups is 20. The molecular formula is C80H143N3O37. The minimum absolute atomic E-state index is 0.158. The third kappa shape index (κ3) is 29.7. The number of amides is 3. The Morgan fingerprint density at radius 2 is 0.675 bits per heavy atom. The first-order chi connectivity index (χ1) is 57.5. The summed E-state index contributed by atoms with van der Waals surface area (Å²) in [5, 5.41) is 232. The number of carbonyl (C=O) groups excluding carboxylic acids is 3. The standard InChI is InChI=1S/C80H143N3O37/c1-6-8-10-12-14-16-18-20-22-24-26-28-30-32-45(92)44(83-52(93)33-31-29-27-25-23-21-19-17-15-13-11-9-7-2)40-107-76-65(104)62(101)68(50(38-88)114-76)115-79-66(105)72(58(97)48(36-86)111-79)119-74-53(81-42(4)90)70(57(96)47(35-85)109-74)117-80-67(106)73(59(98)49(37-87)112-80)120-75-54(82-43(5)91)71(118-78-64(103)61(100)56(95)46(34-84)110-78)69(51(39-89)113-75)116-77-63(102)60(99)55(94)41(3)108-77/h30,32,41,44-51,53-80,84-89,92,94-106H,6-29,31,33-40H2,1-5H3,(H,81,90)(H,82,91)(H,83,93)/b32-30+/t41?,44-,45+,46?,47?,48?,49?,50?,51?,53?,54?,55+,56-,57+,58-,59-,60?,61-,62+,63-,64?,65?,66?,67?,68+,69+,70+,71+,72-,73-,74-,75-,76+,77+,78-,79-,80-/m0/s1. The molecule has 0 aliphatic carbocycles. The van der Waals surface area contributed by atoms with E-state index in [1.54, 1.807) is 6.08 Å². The van der Waals surface area contributed by atoms with Gasteiger partial charge in [0.2, 0.25) is 17.7 Å². The van der Waals surface area contributed by atoms with E-state index in [9.17, 15) is 117 Å². The van der Waals surface area contributed by atoms with E-state index in [4.69, 9.17) is 66.3 Å². The van der Waals surface area contributed by atoms with E-state index in [2.05, 4.69) is 29.8 Å². The normalized spacial score (nSPS) is 39.4. The van der Waals surface area contributed by atoms with E-state index in [1.165, 1.54) is 103 Å². The van der Waals surface area contributed by atoms with Gasteiger partial charge in [-0.15, -0.1) is 0 Å². The fourth-order valence-corrected chi connectivity index (χ4v) is 16.2. The molecule has 700 valence electrons. The summed E-state index contributed by atoms with van der Waals surface area (Å²) in [6.07, 6.45) is -35.0. The van der Waals surface area contributed by atoms with Gasteiger partial charge in [-0.3, -0.25) is 14.4 Å². The second-order valence-corrected chi connectivity index (χ2v) is 32.7. The lowest BCUT2D eigenvalue weighted by Gasteiger charge is -2.52. The lowest BCUT2D eigenvalue weighted by Crippen LogP contribution is -2.72. The molecule has 40 nitrogen and oxygen atoms in total. The quantitative estimate of drug-likeness (QED) is 0.0202. The van der Waals surface area contributed by atoms with Crippen molar-refractivity contribution in [3.63, 3.8) is 0 Å². The number of ether oxygens (including phenoxy) is 14. The smallest absolute Gasteiger partial charge is 0.220 e. The predicted octanol–water partition coefficient (Wildman–Crippen LogP) is -4.35. The predicted molar refractivity (Wildman–Crippen MR) is 416 cm³/mol. The van der Waals surface area contributed by atoms with Gasteiger partial charge in [-0.2, -0.15) is 0 Å². The second-order valence-electron chi connectivity index (χ2n) is 32.7. The number of hydrogen-bond donors (Lipinski definition) is 23. The van der Waals surface area contributed by atoms with Crippen LogP contribution in [-0.4, -0.2) is 393 Å². The van der Waals surface area contributed by atoms with Crippen LogP contribution in [0.1, 0.15) is 202 Å². The van der Waals surface area contributed by atoms with Gasteiger partial charge in [0.05, 0.1) is 64.5 Å². The van der Waals surface area contributed by atoms with Crippen molar-refractivity contribution in [1.29, 1.82) is 0 Å². The SMILES string of the molecule is CCCCCCCCCCCCC/C=C/[C@@H](O)[C@H](CO[C@@H]1OC(CO)[C@@H](O[C@@H]2OC(CO)[C@H](O)[C@H](O[C@@H]3OC(CO)[C@@H](O)[C@H](O[C@@H]4OC(CO)[C@H](O)[C@H](O[C@@H]5OC(CO)[C@@H](O[C@H]6OC(C)[C@@H](O)C(O)[C@@H]6O)[C@H](O[C@@H]6OC(CO)[C@H](O)[C@H](O)C6O)C5NC(C)=O)C4O)C3NC(C)=O)C2O)[C@H](O)C1O)NC(=O)CCCCCCCCCCCCCCC. The summed E-state index contributed by atoms with van der Waals surface area (Å²) in [6.45, 7) is 0.873. The van der Waals surface area contributed by atoms with Crippen LogP contribution in [0.4, 0.5) is 0 Å². The van der Waals surface area contributed by atoms with Gasteiger partial charge in [0, 0.05) is 20.3 Å². The highest BCUT2D eigenvalue weighted by Gasteiger charge is 2.60. The molecule has 7 heterocycles. The van der Waals surface area contributed by atoms with Crippen molar-refractivity contribution < 1.29 is 183 Å². The van der Waals surface area contributed by atoms with Crippen molar-refractivity contribution in [1.82, 2.24) is 16.0 Å². The van der Waals surface area contributed by atoms with Gasteiger partial charge in [-0.25, -0.2) is 0 Å². The number of hydrogen-bond acceptors (Lipinski definition) is 37. The van der Waals surface area contributed by atoms with Crippen molar-refractivity contribution in [3.05, 3.63) is 12.2 Å². The van der Waals surface area contributed by atoms with E-state index >= 15 is 0 Å². The number of unbranched alkanes of at least 4 members (excludes halogenated alkanes) is 23. The van der Waals surface area contributed by atoms with Gasteiger partial charge in [0.1, 0.15) is 165 Å². The van der Waals surface area contributed by atoms with Crippen molar-refractivity contribution >= 4 is 17.7 Å². The monoisotopic (exact) mass is 1740 g/mol. The summed E-state index contributed by atoms with van der Waals surface area (Å²) in [4.78, 5) is 40.1. The second kappa shape index (κ2) is 53.6. The molecule has 120 heavy (non-hydrogen) atoms. The Hall–Kier alpha value is -3.21. The van der Waals surface area contributed by atoms with Crippen LogP contribution in [0.5, 0.6) is 0 Å². The Kier molecular flexibility index (Phi) is 46.3. The van der Waals surface area contributed by atoms with Crippen LogP contribution >= 0.6 is 0 Å². The van der Waals surface area contributed by atoms with Gasteiger partial charge >= 0.3 is 0 Å². The maximum Gasteiger partial charge on any atom is 0.220 e. The zero-order valence-corrected chi connectivity index (χ0v) is 69.7. The molecular weight excluding hydrogens is 1590 g/mol. The highest BCUT2D eigenvalue weighted by atomic mass is 16.8. The van der Waals surface area contributed by atoms with Crippen LogP contribution in [0.3, 0.4) is 0 Å². The minimum Gasteiger partial charge on any atom is -0.394 e. The Morgan fingerprint density at radius 1 is 0.342 bits per heavy atom. The van der Waals surface area contributed by atoms with Gasteiger partial charge in [0.25, 0.3) is 0 Å². The van der Waals surface area contributed by atoms with Crippen molar-refractivity contribution in [2.75, 3.05) is 46.2 Å². The average Bonchev–Trinajstić information content (AvgIpc) is 0.737. The third-order valence-corrected chi connectivity index (χ3v) is 23.3. The van der Waals surface area contributed by atoms with E-state index in [-0.39, 0.29) is 12.3 Å². The van der Waals surface area contributed by atoms with Crippen LogP contribution in [0.25, 0.3) is 0 Å². The lowest BCUT2D eigenvalue weighted by atomic mass is 9.93. The summed E-state index contributed by atoms with van der Waals surface area (Å²) >= 11 is 0. The molecule has 7 rings (SSSR count). The molecule has 0 saturated carbocycles. The number of allylic oxidation sites excluding steroid dienone is 1. The fourth-order valence-electron chi connectivity index (χ4n) is 16.2. The minimum atomic E-state index is -2.39. The molecule has 0 spiro atoms. The summed E-state index contributed by atoms with van der Waals surface area (Å²) in [7, 11) is 0. The molecule has 40 heteroatoms. The van der Waals surface area contributed by atoms with Gasteiger partial charge in [-0.05, 0) is 26.2 Å². The average molecular weight is 1740 g/mol. The highest BCUT2D eigenvalue weighted by Crippen LogP contribution is 2.40. The molecule has 7 fully saturated rings. The molecule has 0 aromatic heterocycles. The zero-order chi connectivity index (χ0) is 87.9. The Morgan fingerprint density at radius 3 is 1.13 bits per heavy atom. The van der Waals surface area contributed by atoms with Crippen LogP contribution in [0, 0.1) is 0 Å². The molecule has 7 saturated heterocycles. The van der Waals surface area contributed by atoms with E-state index < -0.39 is 285 Å². The molecule has 7 aliphatic rings. The van der Waals surface area contributed by atoms with Crippen LogP contribution < -0.4 is 16.0 Å². The van der Waals surface area contributed by atoms with E-state index in [0.717, 1.165) is 65.2 Å². The molecule has 0 aromatic carbocycles. The summed E-state index contributed by atoms with van der Waals surface area (Å²) in [6, 6.07) is -4.92. The number of aliphatic hydroxyl groups excluding tert-OH is 20. The van der Waals surface area contributed by atoms with Crippen LogP contribution in [0.15, 0.2) is 12.2 Å². The molecule has 0 aromatic rings. The Bertz CT molecular complexity index is 2870. The molecule has 23 N–H and O–H groups in total. The fraction of sp³-hybridized carbons (Fsp3) is 0.938. The first-order valence-electron chi connectivity index (χ1n) is 43.3. The summed E-state index contributed by atoms with van der Waals surface area (Å²) in [5.74, 6) is -2.21. The summed E-state index contributed by atoms with van der Waals surface area (Å²) in [5.41, 5.74) is 0. The maximum absolute atomic E-state index is 13.6. The zero-order valence-electron chi connectivity index (χ0n) is 69.7. The highest BCUT2D eigenvalue weighted by molar-refractivity contribution is 5.76. The Balaban J connectivity index is 1.05. The van der Waals surface area contributed by atoms with Crippen molar-refractivity contribution in [2.24, 2.45) is 0 Å². The lowest BCUT2D eigenvalue weighted by molar-refractivity contribution is -0.392. The van der Waals surface area contributed by atoms with E-state index in [1.807, 2.05) is 6.08 Å². The number of carbonyl (C=O) groups is 3. The molecule has 0 bridgehead atoms. The molecule has 0 radical (unpaired) electrons. The third-order valence-electron chi connectivity index (χ3n) is 23.3. The first kappa shape index (κ1) is 104. The molecule has 7 aliphatic heterocycles. The summed E-state index contributed by atoms with van der Waals surface area (Å²) < 4.78 is 84.2. The van der Waals surface area contributed by atoms with Gasteiger partial charge in [0.15, 0.2) is 44.0 Å². The van der Waals surface area contributed by atoms with Crippen LogP contribution in [0.2, 0.25) is 0 Å². The van der Waals surface area contributed by atoms with Gasteiger partial charge in [-0.1, -0.05) is 167 Å². The molecule has 3 amide bonds. The molecule has 37 atom stereocenters. The first-order valence-corrected chi connectivity index (χ1v) is 43.3. The number of nitrogens with one attached hydrogen (secondary N) is 3. The van der Waals surface area contributed by atoms with Crippen molar-refractivity contribution in [3.8, 4) is 0 Å². The van der Waals surface area contributed by atoms with E-state index in [0.29, 0.717) is 12.8 Å². The van der Waals surface area contributed by atoms with Crippen LogP contribution in [-0.2, 0) is 80.7 Å². The topological polar surface area (TPSA) is 621 Å². The largest absolute Gasteiger partial charge is 0.394 e. The maximum atomic E-state index is 13.6.